The summed E-state index contributed by atoms with van der Waals surface area (Å²) >= 11 is 0. The van der Waals surface area contributed by atoms with Crippen molar-refractivity contribution in [3.05, 3.63) is 34.9 Å². The maximum Gasteiger partial charge on any atom is 0.224 e. The second-order valence-corrected chi connectivity index (χ2v) is 6.56. The van der Waals surface area contributed by atoms with E-state index in [4.69, 9.17) is 22.5 Å². The van der Waals surface area contributed by atoms with Gasteiger partial charge in [-0.25, -0.2) is 13.4 Å². The fourth-order valence-electron chi connectivity index (χ4n) is 2.44. The lowest BCUT2D eigenvalue weighted by molar-refractivity contribution is 0.587. The van der Waals surface area contributed by atoms with Crippen LogP contribution >= 0.6 is 0 Å². The average molecular weight is 301 g/mol. The molecule has 21 heavy (non-hydrogen) atoms. The molecule has 0 spiro atoms. The molecule has 0 radical (unpaired) electrons. The Balaban J connectivity index is 2.40. The van der Waals surface area contributed by atoms with Gasteiger partial charge >= 0.3 is 0 Å². The summed E-state index contributed by atoms with van der Waals surface area (Å²) in [5.41, 5.74) is 18.5. The normalized spacial score (nSPS) is 14.8. The minimum absolute atomic E-state index is 0.00342. The van der Waals surface area contributed by atoms with Crippen molar-refractivity contribution in [1.82, 2.24) is 4.98 Å². The molecule has 0 bridgehead atoms. The van der Waals surface area contributed by atoms with Gasteiger partial charge in [-0.3, -0.25) is 0 Å². The SMILES string of the molecule is N#Cc1c(N)nc2c(c1N)Cc1cc(N)ccc1S2(=O)=O. The predicted octanol–water partition coefficient (Wildman–Crippen LogP) is 0.437. The molecule has 1 aliphatic heterocycles. The van der Waals surface area contributed by atoms with E-state index < -0.39 is 9.84 Å². The highest BCUT2D eigenvalue weighted by Crippen LogP contribution is 2.38. The number of nitriles is 1. The minimum Gasteiger partial charge on any atom is -0.399 e. The molecule has 3 rings (SSSR count). The molecule has 7 nitrogen and oxygen atoms in total. The summed E-state index contributed by atoms with van der Waals surface area (Å²) < 4.78 is 25.2. The van der Waals surface area contributed by atoms with Gasteiger partial charge in [0.15, 0.2) is 5.03 Å². The summed E-state index contributed by atoms with van der Waals surface area (Å²) in [7, 11) is -3.82. The van der Waals surface area contributed by atoms with E-state index in [2.05, 4.69) is 4.98 Å². The van der Waals surface area contributed by atoms with Gasteiger partial charge in [-0.15, -0.1) is 0 Å². The minimum atomic E-state index is -3.82. The average Bonchev–Trinajstić information content (AvgIpc) is 2.41. The first-order chi connectivity index (χ1) is 9.86. The third-order valence-corrected chi connectivity index (χ3v) is 5.26. The number of hydrogen-bond acceptors (Lipinski definition) is 7. The van der Waals surface area contributed by atoms with Gasteiger partial charge in [0.1, 0.15) is 17.5 Å². The van der Waals surface area contributed by atoms with Crippen molar-refractivity contribution >= 4 is 27.0 Å². The first kappa shape index (κ1) is 13.2. The number of pyridine rings is 1. The van der Waals surface area contributed by atoms with E-state index in [9.17, 15) is 8.42 Å². The highest BCUT2D eigenvalue weighted by atomic mass is 32.2. The summed E-state index contributed by atoms with van der Waals surface area (Å²) in [5.74, 6) is -0.184. The zero-order valence-electron chi connectivity index (χ0n) is 10.8. The first-order valence-corrected chi connectivity index (χ1v) is 7.46. The summed E-state index contributed by atoms with van der Waals surface area (Å²) in [4.78, 5) is 4.01. The number of nitrogens with zero attached hydrogens (tertiary/aromatic N) is 2. The Labute approximate surface area is 120 Å². The summed E-state index contributed by atoms with van der Waals surface area (Å²) in [6, 6.07) is 6.38. The van der Waals surface area contributed by atoms with Crippen LogP contribution in [-0.4, -0.2) is 13.4 Å². The number of fused-ring (bicyclic) bond motifs is 2. The van der Waals surface area contributed by atoms with Crippen molar-refractivity contribution < 1.29 is 8.42 Å². The Morgan fingerprint density at radius 1 is 1.24 bits per heavy atom. The second-order valence-electron chi connectivity index (χ2n) is 4.73. The first-order valence-electron chi connectivity index (χ1n) is 5.97. The van der Waals surface area contributed by atoms with Crippen molar-refractivity contribution in [3.8, 4) is 6.07 Å². The summed E-state index contributed by atoms with van der Waals surface area (Å²) in [6.45, 7) is 0. The van der Waals surface area contributed by atoms with Crippen LogP contribution < -0.4 is 17.2 Å². The van der Waals surface area contributed by atoms with E-state index in [1.165, 1.54) is 12.1 Å². The number of nitrogens with two attached hydrogens (primary N) is 3. The van der Waals surface area contributed by atoms with Gasteiger partial charge in [0.25, 0.3) is 0 Å². The zero-order valence-corrected chi connectivity index (χ0v) is 11.6. The van der Waals surface area contributed by atoms with Crippen LogP contribution in [0.15, 0.2) is 28.1 Å². The maximum absolute atomic E-state index is 12.6. The summed E-state index contributed by atoms with van der Waals surface area (Å²) in [5, 5.41) is 8.86. The molecule has 8 heteroatoms. The molecule has 1 aromatic carbocycles. The quantitative estimate of drug-likeness (QED) is 0.510. The molecule has 2 aromatic rings. The van der Waals surface area contributed by atoms with E-state index in [-0.39, 0.29) is 33.4 Å². The molecule has 0 atom stereocenters. The largest absolute Gasteiger partial charge is 0.399 e. The molecule has 0 aliphatic carbocycles. The van der Waals surface area contributed by atoms with Gasteiger partial charge in [0.2, 0.25) is 9.84 Å². The molecular weight excluding hydrogens is 290 g/mol. The molecule has 1 aliphatic rings. The van der Waals surface area contributed by atoms with Crippen LogP contribution in [0.4, 0.5) is 17.2 Å². The van der Waals surface area contributed by atoms with Gasteiger partial charge < -0.3 is 17.2 Å². The number of benzene rings is 1. The molecular formula is C13H11N5O2S. The van der Waals surface area contributed by atoms with Gasteiger partial charge in [-0.2, -0.15) is 5.26 Å². The maximum atomic E-state index is 12.6. The number of sulfone groups is 1. The van der Waals surface area contributed by atoms with E-state index in [1.807, 2.05) is 6.07 Å². The molecule has 0 saturated carbocycles. The number of aromatic nitrogens is 1. The van der Waals surface area contributed by atoms with Crippen molar-refractivity contribution in [2.45, 2.75) is 16.3 Å². The van der Waals surface area contributed by atoms with Crippen molar-refractivity contribution in [1.29, 1.82) is 5.26 Å². The lowest BCUT2D eigenvalue weighted by Gasteiger charge is -2.21. The standard InChI is InChI=1S/C13H11N5O2S/c14-5-9-11(16)8-4-6-3-7(15)1-2-10(6)21(19,20)13(8)18-12(9)17/h1-3H,4,15H2,(H4,16,17,18). The second kappa shape index (κ2) is 4.10. The van der Waals surface area contributed by atoms with Crippen LogP contribution in [0.25, 0.3) is 0 Å². The van der Waals surface area contributed by atoms with Crippen LogP contribution in [0, 0.1) is 11.3 Å². The fraction of sp³-hybridized carbons (Fsp3) is 0.0769. The molecule has 0 unspecified atom stereocenters. The Morgan fingerprint density at radius 2 is 1.95 bits per heavy atom. The van der Waals surface area contributed by atoms with Crippen LogP contribution in [0.3, 0.4) is 0 Å². The van der Waals surface area contributed by atoms with Gasteiger partial charge in [-0.1, -0.05) is 0 Å². The van der Waals surface area contributed by atoms with E-state index in [1.54, 1.807) is 6.07 Å². The van der Waals surface area contributed by atoms with E-state index in [0.717, 1.165) is 0 Å². The molecule has 0 fully saturated rings. The summed E-state index contributed by atoms with van der Waals surface area (Å²) in [6.07, 6.45) is 0.239. The van der Waals surface area contributed by atoms with Gasteiger partial charge in [0.05, 0.1) is 10.6 Å². The highest BCUT2D eigenvalue weighted by molar-refractivity contribution is 7.91. The van der Waals surface area contributed by atoms with E-state index >= 15 is 0 Å². The Hall–Kier alpha value is -2.79. The molecule has 1 aromatic heterocycles. The number of rotatable bonds is 0. The van der Waals surface area contributed by atoms with Crippen molar-refractivity contribution in [2.24, 2.45) is 0 Å². The lowest BCUT2D eigenvalue weighted by Crippen LogP contribution is -2.20. The highest BCUT2D eigenvalue weighted by Gasteiger charge is 2.34. The molecule has 0 amide bonds. The van der Waals surface area contributed by atoms with Crippen LogP contribution in [0.2, 0.25) is 0 Å². The zero-order chi connectivity index (χ0) is 15.4. The molecule has 6 N–H and O–H groups in total. The number of hydrogen-bond donors (Lipinski definition) is 3. The van der Waals surface area contributed by atoms with E-state index in [0.29, 0.717) is 16.8 Å². The Kier molecular flexibility index (Phi) is 2.58. The smallest absolute Gasteiger partial charge is 0.224 e. The third kappa shape index (κ3) is 1.71. The molecule has 0 saturated heterocycles. The van der Waals surface area contributed by atoms with Crippen molar-refractivity contribution in [2.75, 3.05) is 17.2 Å². The monoisotopic (exact) mass is 301 g/mol. The number of anilines is 3. The molecule has 2 heterocycles. The van der Waals surface area contributed by atoms with Gasteiger partial charge in [0, 0.05) is 17.7 Å². The Morgan fingerprint density at radius 3 is 2.62 bits per heavy atom. The molecule has 106 valence electrons. The van der Waals surface area contributed by atoms with Crippen molar-refractivity contribution in [3.63, 3.8) is 0 Å². The lowest BCUT2D eigenvalue weighted by atomic mass is 10.0. The predicted molar refractivity (Wildman–Crippen MR) is 76.9 cm³/mol. The van der Waals surface area contributed by atoms with Crippen LogP contribution in [-0.2, 0) is 16.3 Å². The fourth-order valence-corrected chi connectivity index (χ4v) is 4.10. The Bertz CT molecular complexity index is 929. The number of nitrogen functional groups attached to an aromatic ring is 3. The topological polar surface area (TPSA) is 149 Å². The van der Waals surface area contributed by atoms with Crippen LogP contribution in [0.1, 0.15) is 16.7 Å². The third-order valence-electron chi connectivity index (χ3n) is 3.44. The van der Waals surface area contributed by atoms with Gasteiger partial charge in [-0.05, 0) is 23.8 Å². The van der Waals surface area contributed by atoms with Crippen LogP contribution in [0.5, 0.6) is 0 Å².